The number of aromatic nitrogens is 2. The molecule has 4 aromatic rings. The van der Waals surface area contributed by atoms with Crippen LogP contribution in [0.3, 0.4) is 0 Å². The van der Waals surface area contributed by atoms with Gasteiger partial charge in [-0.3, -0.25) is 9.59 Å². The summed E-state index contributed by atoms with van der Waals surface area (Å²) in [6.45, 7) is 1.24. The van der Waals surface area contributed by atoms with E-state index in [9.17, 15) is 19.1 Å². The number of amides is 1. The van der Waals surface area contributed by atoms with Gasteiger partial charge in [-0.25, -0.2) is 9.37 Å². The van der Waals surface area contributed by atoms with Crippen LogP contribution in [0.1, 0.15) is 29.2 Å². The maximum Gasteiger partial charge on any atom is 0.295 e. The van der Waals surface area contributed by atoms with E-state index in [2.05, 4.69) is 4.98 Å². The van der Waals surface area contributed by atoms with Gasteiger partial charge in [0.25, 0.3) is 11.7 Å². The van der Waals surface area contributed by atoms with E-state index in [-0.39, 0.29) is 23.4 Å². The standard InChI is InChI=1S/C30H26FN3O4/c31-24-12-10-22(11-13-24)28(35)26-27(34(30(37)29(26)36)16-5-15-33-17-14-32-20-33)23-8-4-9-25(18-23)38-19-21-6-2-1-3-7-21/h1-4,6-14,17-18,20,27,35H,5,15-16,19H2/b28-26+. The number of rotatable bonds is 9. The summed E-state index contributed by atoms with van der Waals surface area (Å²) in [7, 11) is 0. The van der Waals surface area contributed by atoms with E-state index in [1.807, 2.05) is 41.1 Å². The molecule has 192 valence electrons. The van der Waals surface area contributed by atoms with Gasteiger partial charge in [-0.15, -0.1) is 0 Å². The number of carbonyl (C=O) groups is 2. The van der Waals surface area contributed by atoms with Crippen molar-refractivity contribution in [2.75, 3.05) is 6.54 Å². The first-order valence-corrected chi connectivity index (χ1v) is 12.3. The van der Waals surface area contributed by atoms with Gasteiger partial charge in [0.15, 0.2) is 0 Å². The first-order valence-electron chi connectivity index (χ1n) is 12.3. The summed E-state index contributed by atoms with van der Waals surface area (Å²) < 4.78 is 21.4. The Morgan fingerprint density at radius 1 is 0.974 bits per heavy atom. The summed E-state index contributed by atoms with van der Waals surface area (Å²) in [5, 5.41) is 11.2. The van der Waals surface area contributed by atoms with Crippen molar-refractivity contribution in [3.8, 4) is 5.75 Å². The second-order valence-electron chi connectivity index (χ2n) is 9.00. The number of ketones is 1. The smallest absolute Gasteiger partial charge is 0.295 e. The molecule has 0 aliphatic carbocycles. The highest BCUT2D eigenvalue weighted by atomic mass is 19.1. The molecule has 0 saturated carbocycles. The van der Waals surface area contributed by atoms with Crippen LogP contribution in [0.15, 0.2) is 103 Å². The molecule has 1 amide bonds. The van der Waals surface area contributed by atoms with Crippen molar-refractivity contribution in [2.45, 2.75) is 25.6 Å². The first-order chi connectivity index (χ1) is 18.5. The van der Waals surface area contributed by atoms with Crippen LogP contribution in [-0.4, -0.2) is 37.8 Å². The zero-order valence-electron chi connectivity index (χ0n) is 20.5. The minimum absolute atomic E-state index is 0.0375. The number of Topliss-reactive ketones (excluding diaryl/α,β-unsaturated/α-hetero) is 1. The normalized spacial score (nSPS) is 16.7. The van der Waals surface area contributed by atoms with Crippen molar-refractivity contribution in [3.05, 3.63) is 126 Å². The predicted octanol–water partition coefficient (Wildman–Crippen LogP) is 5.11. The molecular formula is C30H26FN3O4. The van der Waals surface area contributed by atoms with Gasteiger partial charge >= 0.3 is 0 Å². The molecule has 3 aromatic carbocycles. The Morgan fingerprint density at radius 3 is 2.50 bits per heavy atom. The lowest BCUT2D eigenvalue weighted by Gasteiger charge is -2.26. The lowest BCUT2D eigenvalue weighted by atomic mass is 9.95. The van der Waals surface area contributed by atoms with E-state index in [0.717, 1.165) is 5.56 Å². The number of hydrogen-bond acceptors (Lipinski definition) is 5. The second-order valence-corrected chi connectivity index (χ2v) is 9.00. The molecule has 7 nitrogen and oxygen atoms in total. The van der Waals surface area contributed by atoms with Crippen molar-refractivity contribution in [1.82, 2.24) is 14.5 Å². The number of imidazole rings is 1. The molecule has 0 bridgehead atoms. The summed E-state index contributed by atoms with van der Waals surface area (Å²) in [5.41, 5.74) is 1.84. The molecule has 1 fully saturated rings. The van der Waals surface area contributed by atoms with E-state index in [0.29, 0.717) is 30.9 Å². The molecule has 1 aliphatic heterocycles. The maximum atomic E-state index is 13.5. The number of ether oxygens (including phenoxy) is 1. The van der Waals surface area contributed by atoms with Crippen LogP contribution in [0.5, 0.6) is 5.75 Å². The van der Waals surface area contributed by atoms with E-state index in [1.165, 1.54) is 29.2 Å². The number of nitrogens with zero attached hydrogens (tertiary/aromatic N) is 3. The Kier molecular flexibility index (Phi) is 7.31. The van der Waals surface area contributed by atoms with Crippen molar-refractivity contribution in [2.24, 2.45) is 0 Å². The fourth-order valence-electron chi connectivity index (χ4n) is 4.58. The van der Waals surface area contributed by atoms with E-state index in [4.69, 9.17) is 4.74 Å². The number of hydrogen-bond donors (Lipinski definition) is 1. The van der Waals surface area contributed by atoms with Crippen molar-refractivity contribution in [3.63, 3.8) is 0 Å². The molecule has 0 spiro atoms. The van der Waals surface area contributed by atoms with Crippen molar-refractivity contribution in [1.29, 1.82) is 0 Å². The fraction of sp³-hybridized carbons (Fsp3) is 0.167. The van der Waals surface area contributed by atoms with Gasteiger partial charge < -0.3 is 19.3 Å². The lowest BCUT2D eigenvalue weighted by Crippen LogP contribution is -2.31. The van der Waals surface area contributed by atoms with Gasteiger partial charge in [0, 0.05) is 31.0 Å². The third-order valence-electron chi connectivity index (χ3n) is 6.45. The van der Waals surface area contributed by atoms with Crippen LogP contribution in [0, 0.1) is 5.82 Å². The Morgan fingerprint density at radius 2 is 1.76 bits per heavy atom. The quantitative estimate of drug-likeness (QED) is 0.192. The second kappa shape index (κ2) is 11.1. The molecule has 1 atom stereocenters. The van der Waals surface area contributed by atoms with E-state index in [1.54, 1.807) is 36.8 Å². The molecule has 1 aromatic heterocycles. The average Bonchev–Trinajstić information content (AvgIpc) is 3.55. The number of carbonyl (C=O) groups excluding carboxylic acids is 2. The minimum atomic E-state index is -0.830. The lowest BCUT2D eigenvalue weighted by molar-refractivity contribution is -0.139. The number of aliphatic hydroxyl groups is 1. The summed E-state index contributed by atoms with van der Waals surface area (Å²) in [6.07, 6.45) is 5.76. The monoisotopic (exact) mass is 511 g/mol. The molecule has 38 heavy (non-hydrogen) atoms. The first kappa shape index (κ1) is 25.0. The number of aryl methyl sites for hydroxylation is 1. The number of likely N-dealkylation sites (tertiary alicyclic amines) is 1. The molecule has 1 aliphatic rings. The molecule has 8 heteroatoms. The molecule has 1 unspecified atom stereocenters. The molecule has 5 rings (SSSR count). The maximum absolute atomic E-state index is 13.5. The van der Waals surface area contributed by atoms with E-state index < -0.39 is 23.5 Å². The van der Waals surface area contributed by atoms with Gasteiger partial charge in [0.2, 0.25) is 0 Å². The van der Waals surface area contributed by atoms with Crippen LogP contribution in [0.4, 0.5) is 4.39 Å². The van der Waals surface area contributed by atoms with Crippen molar-refractivity contribution < 1.29 is 23.8 Å². The summed E-state index contributed by atoms with van der Waals surface area (Å²) in [5.74, 6) is -1.73. The summed E-state index contributed by atoms with van der Waals surface area (Å²) in [4.78, 5) is 31.9. The third kappa shape index (κ3) is 5.34. The minimum Gasteiger partial charge on any atom is -0.507 e. The Balaban J connectivity index is 1.49. The van der Waals surface area contributed by atoms with Gasteiger partial charge in [0.05, 0.1) is 17.9 Å². The van der Waals surface area contributed by atoms with Crippen LogP contribution in [0.2, 0.25) is 0 Å². The van der Waals surface area contributed by atoms with Crippen LogP contribution < -0.4 is 4.74 Å². The Hall–Kier alpha value is -4.72. The fourth-order valence-corrected chi connectivity index (χ4v) is 4.58. The molecular weight excluding hydrogens is 485 g/mol. The van der Waals surface area contributed by atoms with Crippen LogP contribution >= 0.6 is 0 Å². The predicted molar refractivity (Wildman–Crippen MR) is 139 cm³/mol. The van der Waals surface area contributed by atoms with Gasteiger partial charge in [-0.2, -0.15) is 0 Å². The van der Waals surface area contributed by atoms with Gasteiger partial charge in [-0.1, -0.05) is 42.5 Å². The Bertz CT molecular complexity index is 1450. The number of aliphatic hydroxyl groups excluding tert-OH is 1. The Labute approximate surface area is 219 Å². The highest BCUT2D eigenvalue weighted by Gasteiger charge is 2.45. The van der Waals surface area contributed by atoms with Crippen molar-refractivity contribution >= 4 is 17.4 Å². The van der Waals surface area contributed by atoms with Gasteiger partial charge in [-0.05, 0) is 53.9 Å². The largest absolute Gasteiger partial charge is 0.507 e. The van der Waals surface area contributed by atoms with E-state index >= 15 is 0 Å². The molecule has 1 N–H and O–H groups in total. The summed E-state index contributed by atoms with van der Waals surface area (Å²) >= 11 is 0. The molecule has 0 radical (unpaired) electrons. The summed E-state index contributed by atoms with van der Waals surface area (Å²) in [6, 6.07) is 21.2. The molecule has 1 saturated heterocycles. The SMILES string of the molecule is O=C1C(=O)N(CCCn2ccnc2)C(c2cccc(OCc3ccccc3)c2)/C1=C(\O)c1ccc(F)cc1. The topological polar surface area (TPSA) is 84.7 Å². The zero-order valence-corrected chi connectivity index (χ0v) is 20.5. The average molecular weight is 512 g/mol. The highest BCUT2D eigenvalue weighted by molar-refractivity contribution is 6.46. The van der Waals surface area contributed by atoms with Crippen LogP contribution in [0.25, 0.3) is 5.76 Å². The number of benzene rings is 3. The third-order valence-corrected chi connectivity index (χ3v) is 6.45. The zero-order chi connectivity index (χ0) is 26.5. The van der Waals surface area contributed by atoms with Gasteiger partial charge in [0.1, 0.15) is 23.9 Å². The number of halogens is 1. The molecule has 2 heterocycles. The van der Waals surface area contributed by atoms with Crippen LogP contribution in [-0.2, 0) is 22.7 Å². The highest BCUT2D eigenvalue weighted by Crippen LogP contribution is 2.40.